The fourth-order valence-electron chi connectivity index (χ4n) is 4.89. The van der Waals surface area contributed by atoms with Crippen molar-refractivity contribution in [2.24, 2.45) is 5.41 Å². The van der Waals surface area contributed by atoms with Crippen molar-refractivity contribution in [2.45, 2.75) is 81.9 Å². The molecule has 10 heteroatoms. The minimum absolute atomic E-state index is 0.0324. The molecule has 1 aliphatic heterocycles. The maximum absolute atomic E-state index is 13.2. The van der Waals surface area contributed by atoms with Crippen molar-refractivity contribution in [2.75, 3.05) is 23.8 Å². The molecule has 2 aromatic heterocycles. The van der Waals surface area contributed by atoms with E-state index in [9.17, 15) is 9.59 Å². The molecule has 0 saturated carbocycles. The second kappa shape index (κ2) is 13.8. The monoisotopic (exact) mass is 654 g/mol. The first-order valence-electron chi connectivity index (χ1n) is 14.4. The first-order chi connectivity index (χ1) is 19.3. The van der Waals surface area contributed by atoms with Gasteiger partial charge in [0.1, 0.15) is 0 Å². The van der Waals surface area contributed by atoms with Crippen molar-refractivity contribution >= 4 is 55.4 Å². The van der Waals surface area contributed by atoms with Crippen LogP contribution in [0.2, 0.25) is 8.87 Å². The Kier molecular flexibility index (Phi) is 10.5. The van der Waals surface area contributed by atoms with Crippen molar-refractivity contribution in [3.63, 3.8) is 0 Å². The van der Waals surface area contributed by atoms with Gasteiger partial charge in [0, 0.05) is 31.5 Å². The summed E-state index contributed by atoms with van der Waals surface area (Å²) in [7, 11) is 0. The third-order valence-corrected chi connectivity index (χ3v) is 12.1. The van der Waals surface area contributed by atoms with Gasteiger partial charge in [0.25, 0.3) is 0 Å². The summed E-state index contributed by atoms with van der Waals surface area (Å²) in [5.74, 6) is -0.137. The first kappa shape index (κ1) is 30.3. The molecule has 2 amide bonds. The number of amides is 2. The predicted octanol–water partition coefficient (Wildman–Crippen LogP) is 5.06. The number of pyridine rings is 1. The Labute approximate surface area is 247 Å². The molecule has 3 N–H and O–H groups in total. The predicted molar refractivity (Wildman–Crippen MR) is 161 cm³/mol. The third kappa shape index (κ3) is 7.15. The zero-order valence-corrected chi connectivity index (χ0v) is 27.2. The van der Waals surface area contributed by atoms with E-state index in [1.165, 1.54) is 4.44 Å². The van der Waals surface area contributed by atoms with Crippen molar-refractivity contribution in [3.05, 3.63) is 47.3 Å². The van der Waals surface area contributed by atoms with E-state index in [4.69, 9.17) is 9.72 Å². The number of carbonyl (C=O) groups is 2. The number of fused-ring (bicyclic) bond motifs is 1. The molecule has 2 radical (unpaired) electrons. The van der Waals surface area contributed by atoms with Gasteiger partial charge in [0.2, 0.25) is 0 Å². The van der Waals surface area contributed by atoms with E-state index < -0.39 is 21.1 Å². The first-order valence-corrected chi connectivity index (χ1v) is 18.4. The van der Waals surface area contributed by atoms with Crippen LogP contribution in [0.3, 0.4) is 0 Å². The molecule has 1 saturated heterocycles. The SMILES string of the molecule is C[CH2][Sn][CH2]C(C)(C)C(=O)Nc1ccc(C(=O)NCc2c(CC)nc3c(cnn3CC)c2NC2CCOCC2)cc1. The summed E-state index contributed by atoms with van der Waals surface area (Å²) in [6, 6.07) is 7.40. The van der Waals surface area contributed by atoms with E-state index in [0.717, 1.165) is 71.4 Å². The average molecular weight is 653 g/mol. The van der Waals surface area contributed by atoms with Crippen molar-refractivity contribution < 1.29 is 14.3 Å². The topological polar surface area (TPSA) is 110 Å². The normalized spacial score (nSPS) is 14.3. The number of hydrogen-bond donors (Lipinski definition) is 3. The Bertz CT molecular complexity index is 1320. The Balaban J connectivity index is 1.50. The molecule has 0 aliphatic carbocycles. The molecule has 214 valence electrons. The van der Waals surface area contributed by atoms with Gasteiger partial charge in [0.15, 0.2) is 5.65 Å². The molecule has 0 unspecified atom stereocenters. The van der Waals surface area contributed by atoms with E-state index in [1.807, 2.05) is 24.7 Å². The van der Waals surface area contributed by atoms with Crippen LogP contribution in [0.15, 0.2) is 30.5 Å². The van der Waals surface area contributed by atoms with E-state index in [-0.39, 0.29) is 17.2 Å². The number of aromatic nitrogens is 3. The number of hydrogen-bond acceptors (Lipinski definition) is 6. The molecule has 4 rings (SSSR count). The fourth-order valence-corrected chi connectivity index (χ4v) is 7.85. The third-order valence-electron chi connectivity index (χ3n) is 7.44. The van der Waals surface area contributed by atoms with Gasteiger partial charge in [0.05, 0.1) is 17.3 Å². The summed E-state index contributed by atoms with van der Waals surface area (Å²) < 4.78 is 9.71. The molecule has 1 aromatic carbocycles. The van der Waals surface area contributed by atoms with Crippen LogP contribution in [-0.4, -0.2) is 67.0 Å². The van der Waals surface area contributed by atoms with Crippen LogP contribution in [0.25, 0.3) is 11.0 Å². The van der Waals surface area contributed by atoms with Crippen molar-refractivity contribution in [1.29, 1.82) is 0 Å². The van der Waals surface area contributed by atoms with Crippen LogP contribution in [0.4, 0.5) is 11.4 Å². The second-order valence-corrected chi connectivity index (χ2v) is 15.3. The molecule has 40 heavy (non-hydrogen) atoms. The molecule has 3 aromatic rings. The van der Waals surface area contributed by atoms with Crippen LogP contribution in [-0.2, 0) is 29.0 Å². The molecule has 0 atom stereocenters. The molecule has 0 spiro atoms. The van der Waals surface area contributed by atoms with Crippen LogP contribution >= 0.6 is 0 Å². The molecule has 1 fully saturated rings. The van der Waals surface area contributed by atoms with Crippen LogP contribution in [0, 0.1) is 5.41 Å². The van der Waals surface area contributed by atoms with Gasteiger partial charge in [-0.3, -0.25) is 0 Å². The van der Waals surface area contributed by atoms with Gasteiger partial charge in [-0.25, -0.2) is 9.67 Å². The summed E-state index contributed by atoms with van der Waals surface area (Å²) in [5, 5.41) is 15.4. The second-order valence-electron chi connectivity index (χ2n) is 10.9. The van der Waals surface area contributed by atoms with E-state index in [1.54, 1.807) is 24.3 Å². The Morgan fingerprint density at radius 3 is 2.50 bits per heavy atom. The minimum atomic E-state index is -0.496. The number of benzene rings is 1. The summed E-state index contributed by atoms with van der Waals surface area (Å²) >= 11 is -0.496. The van der Waals surface area contributed by atoms with Crippen LogP contribution in [0.1, 0.15) is 69.1 Å². The molecule has 0 bridgehead atoms. The Morgan fingerprint density at radius 2 is 1.85 bits per heavy atom. The van der Waals surface area contributed by atoms with Gasteiger partial charge in [-0.05, 0) is 26.2 Å². The number of anilines is 2. The zero-order chi connectivity index (χ0) is 28.7. The van der Waals surface area contributed by atoms with Gasteiger partial charge in [-0.15, -0.1) is 0 Å². The Hall–Kier alpha value is -2.66. The van der Waals surface area contributed by atoms with E-state index >= 15 is 0 Å². The molecule has 1 aliphatic rings. The fraction of sp³-hybridized carbons (Fsp3) is 0.533. The number of aryl methyl sites for hydroxylation is 2. The number of carbonyl (C=O) groups excluding carboxylic acids is 2. The average Bonchev–Trinajstić information content (AvgIpc) is 3.39. The number of ether oxygens (including phenoxy) is 1. The molecular formula is C30H42N6O3Sn. The number of rotatable bonds is 12. The molecular weight excluding hydrogens is 611 g/mol. The van der Waals surface area contributed by atoms with Crippen LogP contribution < -0.4 is 16.0 Å². The standard InChI is InChI=1S/C28H37N6O3.C2H5.Sn/c1-6-23-21(16-29-26(35)18-8-10-19(11-9-18)32-27(36)28(3,4)5)24(31-20-12-14-37-15-13-20)22-17-30-34(7-2)25(22)33-23;1-2;/h8-11,17,20H,3,6-7,12-16H2,1-2,4-5H3,(H,29,35)(H,31,33)(H,32,36);1H2,2H3;. The number of nitrogens with one attached hydrogen (secondary N) is 3. The summed E-state index contributed by atoms with van der Waals surface area (Å²) in [5.41, 5.74) is 4.69. The van der Waals surface area contributed by atoms with Crippen molar-refractivity contribution in [3.8, 4) is 0 Å². The Morgan fingerprint density at radius 1 is 1.12 bits per heavy atom. The van der Waals surface area contributed by atoms with Gasteiger partial charge in [-0.2, -0.15) is 5.10 Å². The summed E-state index contributed by atoms with van der Waals surface area (Å²) in [6.45, 7) is 12.9. The summed E-state index contributed by atoms with van der Waals surface area (Å²) in [6.07, 6.45) is 4.47. The summed E-state index contributed by atoms with van der Waals surface area (Å²) in [4.78, 5) is 30.9. The maximum atomic E-state index is 13.2. The molecule has 3 heterocycles. The molecule has 9 nitrogen and oxygen atoms in total. The van der Waals surface area contributed by atoms with Crippen LogP contribution in [0.5, 0.6) is 0 Å². The van der Waals surface area contributed by atoms with E-state index in [2.05, 4.69) is 41.8 Å². The zero-order valence-electron chi connectivity index (χ0n) is 24.4. The van der Waals surface area contributed by atoms with Gasteiger partial charge < -0.3 is 10.1 Å². The quantitative estimate of drug-likeness (QED) is 0.236. The van der Waals surface area contributed by atoms with Crippen molar-refractivity contribution in [1.82, 2.24) is 20.1 Å². The number of nitrogens with zero attached hydrogens (tertiary/aromatic N) is 3. The van der Waals surface area contributed by atoms with Gasteiger partial charge >= 0.3 is 136 Å². The van der Waals surface area contributed by atoms with E-state index in [0.29, 0.717) is 23.8 Å². The van der Waals surface area contributed by atoms with Gasteiger partial charge in [-0.1, -0.05) is 6.92 Å².